The van der Waals surface area contributed by atoms with E-state index in [4.69, 9.17) is 4.74 Å². The average molecular weight is 282 g/mol. The Hall–Kier alpha value is -0.900. The average Bonchev–Trinajstić information content (AvgIpc) is 2.61. The van der Waals surface area contributed by atoms with Crippen molar-refractivity contribution in [2.75, 3.05) is 19.8 Å². The van der Waals surface area contributed by atoms with Crippen LogP contribution in [0.3, 0.4) is 0 Å². The largest absolute Gasteiger partial charge is 0.446 e. The van der Waals surface area contributed by atoms with Crippen LogP contribution in [0.15, 0.2) is 0 Å². The van der Waals surface area contributed by atoms with Crippen molar-refractivity contribution in [3.63, 3.8) is 0 Å². The van der Waals surface area contributed by atoms with Crippen molar-refractivity contribution in [3.8, 4) is 0 Å². The molecule has 8 nitrogen and oxygen atoms in total. The van der Waals surface area contributed by atoms with E-state index in [1.807, 2.05) is 0 Å². The van der Waals surface area contributed by atoms with Gasteiger partial charge < -0.3 is 14.6 Å². The molecule has 1 aliphatic rings. The van der Waals surface area contributed by atoms with Gasteiger partial charge in [-0.2, -0.15) is 13.1 Å². The Kier molecular flexibility index (Phi) is 4.91. The third-order valence-corrected chi connectivity index (χ3v) is 3.19. The predicted molar refractivity (Wildman–Crippen MR) is 62.1 cm³/mol. The molecule has 1 rings (SSSR count). The molecule has 0 aromatic heterocycles. The maximum Gasteiger partial charge on any atom is 0.422 e. The summed E-state index contributed by atoms with van der Waals surface area (Å²) in [5.74, 6) is 0. The van der Waals surface area contributed by atoms with Crippen molar-refractivity contribution in [1.82, 2.24) is 9.44 Å². The van der Waals surface area contributed by atoms with E-state index >= 15 is 0 Å². The molecule has 0 aromatic carbocycles. The van der Waals surface area contributed by atoms with Crippen molar-refractivity contribution < 1.29 is 27.8 Å². The van der Waals surface area contributed by atoms with Crippen LogP contribution in [0.4, 0.5) is 4.79 Å². The van der Waals surface area contributed by atoms with Gasteiger partial charge in [0.25, 0.3) is 0 Å². The van der Waals surface area contributed by atoms with E-state index in [-0.39, 0.29) is 13.2 Å². The van der Waals surface area contributed by atoms with Crippen LogP contribution in [0.5, 0.6) is 0 Å². The molecule has 1 heterocycles. The van der Waals surface area contributed by atoms with Crippen LogP contribution >= 0.6 is 0 Å². The van der Waals surface area contributed by atoms with Crippen molar-refractivity contribution in [3.05, 3.63) is 0 Å². The Morgan fingerprint density at radius 2 is 2.22 bits per heavy atom. The molecule has 106 valence electrons. The van der Waals surface area contributed by atoms with Gasteiger partial charge in [-0.3, -0.25) is 0 Å². The van der Waals surface area contributed by atoms with Crippen molar-refractivity contribution in [1.29, 1.82) is 0 Å². The van der Waals surface area contributed by atoms with E-state index < -0.39 is 28.0 Å². The first-order valence-electron chi connectivity index (χ1n) is 5.51. The number of ether oxygens (including phenoxy) is 2. The van der Waals surface area contributed by atoms with Crippen LogP contribution in [-0.4, -0.2) is 51.1 Å². The molecule has 0 aromatic rings. The lowest BCUT2D eigenvalue weighted by atomic mass is 10.1. The van der Waals surface area contributed by atoms with Crippen molar-refractivity contribution in [2.24, 2.45) is 0 Å². The van der Waals surface area contributed by atoms with Crippen molar-refractivity contribution >= 4 is 16.3 Å². The minimum atomic E-state index is -4.04. The van der Waals surface area contributed by atoms with Gasteiger partial charge in [0.05, 0.1) is 12.7 Å². The highest BCUT2D eigenvalue weighted by molar-refractivity contribution is 7.88. The summed E-state index contributed by atoms with van der Waals surface area (Å²) in [7, 11) is -4.04. The normalized spacial score (nSPS) is 24.2. The summed E-state index contributed by atoms with van der Waals surface area (Å²) in [6, 6.07) is 0. The third kappa shape index (κ3) is 5.17. The third-order valence-electron chi connectivity index (χ3n) is 2.23. The van der Waals surface area contributed by atoms with E-state index in [1.165, 1.54) is 0 Å². The standard InChI is InChI=1S/C9H18N2O6S/c1-7(2)17-8(12)11-18(14,15)10-5-9(13)3-4-16-6-9/h7,10,13H,3-6H2,1-2H3,(H,11,12). The number of hydrogen-bond donors (Lipinski definition) is 3. The molecule has 18 heavy (non-hydrogen) atoms. The number of rotatable bonds is 5. The van der Waals surface area contributed by atoms with E-state index in [0.29, 0.717) is 13.0 Å². The second-order valence-corrected chi connectivity index (χ2v) is 5.91. The maximum absolute atomic E-state index is 11.4. The van der Waals surface area contributed by atoms with Crippen LogP contribution in [0.25, 0.3) is 0 Å². The molecule has 1 amide bonds. The second kappa shape index (κ2) is 5.83. The molecular weight excluding hydrogens is 264 g/mol. The topological polar surface area (TPSA) is 114 Å². The zero-order valence-electron chi connectivity index (χ0n) is 10.3. The fourth-order valence-corrected chi connectivity index (χ4v) is 2.15. The molecule has 1 unspecified atom stereocenters. The molecular formula is C9H18N2O6S. The Morgan fingerprint density at radius 1 is 1.56 bits per heavy atom. The summed E-state index contributed by atoms with van der Waals surface area (Å²) in [4.78, 5) is 11.1. The van der Waals surface area contributed by atoms with Gasteiger partial charge >= 0.3 is 16.3 Å². The molecule has 1 atom stereocenters. The predicted octanol–water partition coefficient (Wildman–Crippen LogP) is -0.893. The zero-order chi connectivity index (χ0) is 13.8. The summed E-state index contributed by atoms with van der Waals surface area (Å²) < 4.78 is 36.2. The minimum absolute atomic E-state index is 0.0615. The fourth-order valence-electron chi connectivity index (χ4n) is 1.35. The van der Waals surface area contributed by atoms with Gasteiger partial charge in [-0.05, 0) is 13.8 Å². The Morgan fingerprint density at radius 3 is 2.72 bits per heavy atom. The van der Waals surface area contributed by atoms with Gasteiger partial charge in [-0.15, -0.1) is 0 Å². The Bertz CT molecular complexity index is 388. The molecule has 1 aliphatic heterocycles. The minimum Gasteiger partial charge on any atom is -0.446 e. The SMILES string of the molecule is CC(C)OC(=O)NS(=O)(=O)NCC1(O)CCOC1. The summed E-state index contributed by atoms with van der Waals surface area (Å²) in [6.07, 6.45) is -1.15. The molecule has 9 heteroatoms. The van der Waals surface area contributed by atoms with E-state index in [9.17, 15) is 18.3 Å². The zero-order valence-corrected chi connectivity index (χ0v) is 11.1. The monoisotopic (exact) mass is 282 g/mol. The smallest absolute Gasteiger partial charge is 0.422 e. The molecule has 1 fully saturated rings. The summed E-state index contributed by atoms with van der Waals surface area (Å²) in [5.41, 5.74) is -1.23. The number of amides is 1. The molecule has 0 spiro atoms. The van der Waals surface area contributed by atoms with Crippen LogP contribution in [0, 0.1) is 0 Å². The molecule has 1 saturated heterocycles. The Balaban J connectivity index is 2.42. The van der Waals surface area contributed by atoms with Gasteiger partial charge in [0, 0.05) is 19.6 Å². The van der Waals surface area contributed by atoms with Gasteiger partial charge in [0.15, 0.2) is 0 Å². The van der Waals surface area contributed by atoms with Crippen molar-refractivity contribution in [2.45, 2.75) is 32.0 Å². The lowest BCUT2D eigenvalue weighted by Crippen LogP contribution is -2.48. The Labute approximate surface area is 106 Å². The highest BCUT2D eigenvalue weighted by atomic mass is 32.2. The van der Waals surface area contributed by atoms with Crippen LogP contribution in [0.1, 0.15) is 20.3 Å². The molecule has 0 aliphatic carbocycles. The highest BCUT2D eigenvalue weighted by Crippen LogP contribution is 2.16. The summed E-state index contributed by atoms with van der Waals surface area (Å²) in [6.45, 7) is 3.40. The van der Waals surface area contributed by atoms with Crippen LogP contribution in [0.2, 0.25) is 0 Å². The van der Waals surface area contributed by atoms with E-state index in [1.54, 1.807) is 18.6 Å². The molecule has 3 N–H and O–H groups in total. The number of aliphatic hydroxyl groups is 1. The van der Waals surface area contributed by atoms with Gasteiger partial charge in [-0.1, -0.05) is 0 Å². The van der Waals surface area contributed by atoms with Gasteiger partial charge in [0.1, 0.15) is 5.60 Å². The number of carbonyl (C=O) groups is 1. The number of hydrogen-bond acceptors (Lipinski definition) is 6. The lowest BCUT2D eigenvalue weighted by Gasteiger charge is -2.20. The number of nitrogens with one attached hydrogen (secondary N) is 2. The molecule has 0 saturated carbocycles. The van der Waals surface area contributed by atoms with E-state index in [0.717, 1.165) is 0 Å². The van der Waals surface area contributed by atoms with Gasteiger partial charge in [0.2, 0.25) is 0 Å². The lowest BCUT2D eigenvalue weighted by molar-refractivity contribution is 0.0313. The summed E-state index contributed by atoms with van der Waals surface area (Å²) in [5, 5.41) is 9.84. The molecule has 0 bridgehead atoms. The van der Waals surface area contributed by atoms with Crippen LogP contribution in [-0.2, 0) is 19.7 Å². The first kappa shape index (κ1) is 15.2. The second-order valence-electron chi connectivity index (χ2n) is 4.41. The first-order valence-corrected chi connectivity index (χ1v) is 6.99. The fraction of sp³-hybridized carbons (Fsp3) is 0.889. The first-order chi connectivity index (χ1) is 8.22. The summed E-state index contributed by atoms with van der Waals surface area (Å²) >= 11 is 0. The highest BCUT2D eigenvalue weighted by Gasteiger charge is 2.33. The maximum atomic E-state index is 11.4. The quantitative estimate of drug-likeness (QED) is 0.602. The molecule has 0 radical (unpaired) electrons. The van der Waals surface area contributed by atoms with E-state index in [2.05, 4.69) is 9.46 Å². The number of carbonyl (C=O) groups excluding carboxylic acids is 1. The van der Waals surface area contributed by atoms with Crippen LogP contribution < -0.4 is 9.44 Å². The van der Waals surface area contributed by atoms with Gasteiger partial charge in [-0.25, -0.2) is 9.52 Å².